The Morgan fingerprint density at radius 3 is 3.00 bits per heavy atom. The van der Waals surface area contributed by atoms with Crippen molar-refractivity contribution in [3.8, 4) is 0 Å². The molecule has 2 aliphatic rings. The van der Waals surface area contributed by atoms with Gasteiger partial charge in [-0.1, -0.05) is 19.3 Å². The summed E-state index contributed by atoms with van der Waals surface area (Å²) in [4.78, 5) is 8.89. The standard InChI is InChI=1S/C17H30N6O/c1-2-18-17(19-10-15(24)13-6-4-3-5-7-13)22-14-8-9-16-20-12-21-23(16)11-14/h12-15,24H,2-11H2,1H3,(H2,18,19,22). The number of hydrogen-bond acceptors (Lipinski definition) is 4. The van der Waals surface area contributed by atoms with E-state index in [0.29, 0.717) is 18.5 Å². The fourth-order valence-electron chi connectivity index (χ4n) is 3.72. The molecule has 0 saturated heterocycles. The van der Waals surface area contributed by atoms with Gasteiger partial charge in [-0.25, -0.2) is 9.67 Å². The van der Waals surface area contributed by atoms with E-state index in [1.165, 1.54) is 19.3 Å². The number of guanidine groups is 1. The van der Waals surface area contributed by atoms with Crippen molar-refractivity contribution >= 4 is 5.96 Å². The molecule has 1 aromatic rings. The van der Waals surface area contributed by atoms with Crippen molar-refractivity contribution in [3.05, 3.63) is 12.2 Å². The number of fused-ring (bicyclic) bond motifs is 1. The third-order valence-electron chi connectivity index (χ3n) is 5.12. The molecule has 3 N–H and O–H groups in total. The lowest BCUT2D eigenvalue weighted by molar-refractivity contribution is 0.0923. The lowest BCUT2D eigenvalue weighted by atomic mass is 9.85. The molecule has 1 aliphatic heterocycles. The molecule has 1 aromatic heterocycles. The molecule has 1 saturated carbocycles. The molecule has 2 unspecified atom stereocenters. The molecule has 1 aliphatic carbocycles. The Labute approximate surface area is 144 Å². The van der Waals surface area contributed by atoms with Crippen LogP contribution >= 0.6 is 0 Å². The monoisotopic (exact) mass is 334 g/mol. The maximum Gasteiger partial charge on any atom is 0.191 e. The van der Waals surface area contributed by atoms with Gasteiger partial charge in [0.15, 0.2) is 5.96 Å². The lowest BCUT2D eigenvalue weighted by Gasteiger charge is -2.27. The number of rotatable bonds is 5. The first-order chi connectivity index (χ1) is 11.8. The number of nitrogens with one attached hydrogen (secondary N) is 2. The minimum Gasteiger partial charge on any atom is -0.391 e. The average molecular weight is 334 g/mol. The number of aryl methyl sites for hydroxylation is 1. The molecule has 24 heavy (non-hydrogen) atoms. The van der Waals surface area contributed by atoms with E-state index >= 15 is 0 Å². The summed E-state index contributed by atoms with van der Waals surface area (Å²) >= 11 is 0. The van der Waals surface area contributed by atoms with E-state index < -0.39 is 0 Å². The van der Waals surface area contributed by atoms with Gasteiger partial charge in [-0.15, -0.1) is 0 Å². The van der Waals surface area contributed by atoms with Crippen molar-refractivity contribution in [1.29, 1.82) is 0 Å². The van der Waals surface area contributed by atoms with Crippen LogP contribution in [0.15, 0.2) is 11.3 Å². The van der Waals surface area contributed by atoms with Crippen LogP contribution in [0.2, 0.25) is 0 Å². The number of aliphatic hydroxyl groups excluding tert-OH is 1. The molecular weight excluding hydrogens is 304 g/mol. The van der Waals surface area contributed by atoms with Crippen molar-refractivity contribution < 1.29 is 5.11 Å². The topological polar surface area (TPSA) is 87.4 Å². The fourth-order valence-corrected chi connectivity index (χ4v) is 3.72. The second-order valence-corrected chi connectivity index (χ2v) is 6.92. The Hall–Kier alpha value is -1.63. The van der Waals surface area contributed by atoms with Gasteiger partial charge in [0.1, 0.15) is 12.2 Å². The first-order valence-corrected chi connectivity index (χ1v) is 9.36. The highest BCUT2D eigenvalue weighted by Gasteiger charge is 2.23. The first kappa shape index (κ1) is 17.2. The van der Waals surface area contributed by atoms with Crippen LogP contribution < -0.4 is 10.6 Å². The van der Waals surface area contributed by atoms with E-state index in [-0.39, 0.29) is 6.10 Å². The summed E-state index contributed by atoms with van der Waals surface area (Å²) in [5.74, 6) is 2.27. The van der Waals surface area contributed by atoms with Crippen LogP contribution in [0.4, 0.5) is 0 Å². The number of hydrogen-bond donors (Lipinski definition) is 3. The highest BCUT2D eigenvalue weighted by molar-refractivity contribution is 5.80. The number of aromatic nitrogens is 3. The zero-order valence-corrected chi connectivity index (χ0v) is 14.6. The first-order valence-electron chi connectivity index (χ1n) is 9.36. The average Bonchev–Trinajstić information content (AvgIpc) is 3.08. The van der Waals surface area contributed by atoms with Gasteiger partial charge in [0.25, 0.3) is 0 Å². The summed E-state index contributed by atoms with van der Waals surface area (Å²) < 4.78 is 1.96. The Bertz CT molecular complexity index is 537. The summed E-state index contributed by atoms with van der Waals surface area (Å²) in [6, 6.07) is 0.295. The minimum absolute atomic E-state index is 0.295. The van der Waals surface area contributed by atoms with Gasteiger partial charge in [0.05, 0.1) is 19.2 Å². The molecule has 0 radical (unpaired) electrons. The molecule has 0 spiro atoms. The van der Waals surface area contributed by atoms with E-state index in [9.17, 15) is 5.11 Å². The Balaban J connectivity index is 1.53. The molecule has 134 valence electrons. The molecule has 2 atom stereocenters. The maximum atomic E-state index is 10.4. The third kappa shape index (κ3) is 4.47. The Morgan fingerprint density at radius 2 is 2.21 bits per heavy atom. The summed E-state index contributed by atoms with van der Waals surface area (Å²) in [5, 5.41) is 21.4. The van der Waals surface area contributed by atoms with E-state index in [2.05, 4.69) is 32.6 Å². The van der Waals surface area contributed by atoms with Gasteiger partial charge in [-0.3, -0.25) is 4.99 Å². The summed E-state index contributed by atoms with van der Waals surface area (Å²) in [6.07, 6.45) is 9.32. The Kier molecular flexibility index (Phi) is 6.07. The molecule has 7 heteroatoms. The van der Waals surface area contributed by atoms with Gasteiger partial charge in [-0.2, -0.15) is 5.10 Å². The van der Waals surface area contributed by atoms with Crippen molar-refractivity contribution in [2.75, 3.05) is 13.1 Å². The second-order valence-electron chi connectivity index (χ2n) is 6.92. The summed E-state index contributed by atoms with van der Waals surface area (Å²) in [7, 11) is 0. The van der Waals surface area contributed by atoms with Crippen molar-refractivity contribution in [3.63, 3.8) is 0 Å². The number of nitrogens with zero attached hydrogens (tertiary/aromatic N) is 4. The largest absolute Gasteiger partial charge is 0.391 e. The molecule has 0 aromatic carbocycles. The van der Waals surface area contributed by atoms with E-state index in [1.54, 1.807) is 6.33 Å². The quantitative estimate of drug-likeness (QED) is 0.554. The highest BCUT2D eigenvalue weighted by atomic mass is 16.3. The molecular formula is C17H30N6O. The van der Waals surface area contributed by atoms with Gasteiger partial charge in [0, 0.05) is 19.0 Å². The van der Waals surface area contributed by atoms with Crippen LogP contribution in [0, 0.1) is 5.92 Å². The molecule has 0 amide bonds. The second kappa shape index (κ2) is 8.46. The zero-order valence-electron chi connectivity index (χ0n) is 14.6. The van der Waals surface area contributed by atoms with Crippen LogP contribution in [0.5, 0.6) is 0 Å². The predicted molar refractivity (Wildman–Crippen MR) is 93.8 cm³/mol. The Morgan fingerprint density at radius 1 is 1.38 bits per heavy atom. The molecule has 1 fully saturated rings. The SMILES string of the molecule is CCNC(=NCC(O)C1CCCCC1)NC1CCc2ncnn2C1. The van der Waals surface area contributed by atoms with Crippen LogP contribution in [0.1, 0.15) is 51.3 Å². The summed E-state index contributed by atoms with van der Waals surface area (Å²) in [5.41, 5.74) is 0. The van der Waals surface area contributed by atoms with E-state index in [4.69, 9.17) is 0 Å². The molecule has 7 nitrogen and oxygen atoms in total. The van der Waals surface area contributed by atoms with E-state index in [1.807, 2.05) is 4.68 Å². The van der Waals surface area contributed by atoms with Crippen LogP contribution in [0.3, 0.4) is 0 Å². The molecule has 0 bridgehead atoms. The highest BCUT2D eigenvalue weighted by Crippen LogP contribution is 2.26. The van der Waals surface area contributed by atoms with Crippen molar-refractivity contribution in [2.45, 2.75) is 70.6 Å². The van der Waals surface area contributed by atoms with Crippen molar-refractivity contribution in [1.82, 2.24) is 25.4 Å². The van der Waals surface area contributed by atoms with Gasteiger partial charge < -0.3 is 15.7 Å². The lowest BCUT2D eigenvalue weighted by Crippen LogP contribution is -2.47. The van der Waals surface area contributed by atoms with Crippen LogP contribution in [0.25, 0.3) is 0 Å². The normalized spacial score (nSPS) is 23.6. The van der Waals surface area contributed by atoms with Crippen molar-refractivity contribution in [2.24, 2.45) is 10.9 Å². The third-order valence-corrected chi connectivity index (χ3v) is 5.12. The molecule has 3 rings (SSSR count). The van der Waals surface area contributed by atoms with Gasteiger partial charge in [-0.05, 0) is 32.1 Å². The zero-order chi connectivity index (χ0) is 16.8. The molecule has 2 heterocycles. The predicted octanol–water partition coefficient (Wildman–Crippen LogP) is 1.09. The maximum absolute atomic E-state index is 10.4. The smallest absolute Gasteiger partial charge is 0.191 e. The van der Waals surface area contributed by atoms with Gasteiger partial charge in [0.2, 0.25) is 0 Å². The van der Waals surface area contributed by atoms with Crippen LogP contribution in [-0.4, -0.2) is 51.1 Å². The van der Waals surface area contributed by atoms with E-state index in [0.717, 1.165) is 50.6 Å². The van der Waals surface area contributed by atoms with Gasteiger partial charge >= 0.3 is 0 Å². The fraction of sp³-hybridized carbons (Fsp3) is 0.824. The summed E-state index contributed by atoms with van der Waals surface area (Å²) in [6.45, 7) is 4.16. The number of aliphatic hydroxyl groups is 1. The number of aliphatic imine (C=N–C) groups is 1. The van der Waals surface area contributed by atoms with Crippen LogP contribution in [-0.2, 0) is 13.0 Å². The minimum atomic E-state index is -0.325.